The van der Waals surface area contributed by atoms with E-state index in [0.717, 1.165) is 0 Å². The molecular formula is C9H17F3N2O2S. The lowest BCUT2D eigenvalue weighted by atomic mass is 9.49. The minimum absolute atomic E-state index is 0.365. The highest BCUT2D eigenvalue weighted by atomic mass is 32.2. The molecule has 1 rings (SSSR count). The molecule has 1 aliphatic carbocycles. The third-order valence-corrected chi connectivity index (χ3v) is 4.82. The third kappa shape index (κ3) is 2.06. The molecule has 1 saturated carbocycles. The average molecular weight is 274 g/mol. The summed E-state index contributed by atoms with van der Waals surface area (Å²) in [5.74, 6) is 0. The number of sulfonamides is 1. The van der Waals surface area contributed by atoms with Gasteiger partial charge in [0.1, 0.15) is 0 Å². The lowest BCUT2D eigenvalue weighted by Crippen LogP contribution is -2.76. The molecule has 0 aromatic carbocycles. The topological polar surface area (TPSA) is 72.2 Å². The molecule has 0 amide bonds. The Bertz CT molecular complexity index is 398. The molecule has 102 valence electrons. The highest BCUT2D eigenvalue weighted by Crippen LogP contribution is 2.53. The highest BCUT2D eigenvalue weighted by molar-refractivity contribution is 7.90. The predicted molar refractivity (Wildman–Crippen MR) is 57.4 cm³/mol. The summed E-state index contributed by atoms with van der Waals surface area (Å²) in [6, 6.07) is -1.20. The van der Waals surface area contributed by atoms with Crippen molar-refractivity contribution in [1.82, 2.24) is 4.72 Å². The van der Waals surface area contributed by atoms with E-state index in [-0.39, 0.29) is 6.04 Å². The Kier molecular flexibility index (Phi) is 3.10. The van der Waals surface area contributed by atoms with Crippen LogP contribution in [0.5, 0.6) is 0 Å². The van der Waals surface area contributed by atoms with Crippen molar-refractivity contribution in [3.05, 3.63) is 0 Å². The monoisotopic (exact) mass is 274 g/mol. The second kappa shape index (κ2) is 3.58. The number of hydrogen-bond acceptors (Lipinski definition) is 3. The van der Waals surface area contributed by atoms with Crippen molar-refractivity contribution in [2.75, 3.05) is 0 Å². The number of nitrogens with two attached hydrogens (primary N) is 1. The van der Waals surface area contributed by atoms with Gasteiger partial charge in [-0.15, -0.1) is 0 Å². The summed E-state index contributed by atoms with van der Waals surface area (Å²) in [4.78, 5) is 0. The largest absolute Gasteiger partial charge is 0.511 e. The van der Waals surface area contributed by atoms with Crippen molar-refractivity contribution in [3.8, 4) is 0 Å². The molecule has 0 bridgehead atoms. The molecule has 1 aliphatic rings. The van der Waals surface area contributed by atoms with Gasteiger partial charge in [0.05, 0.1) is 0 Å². The standard InChI is InChI=1S/C9H17F3N2O2S/c1-7(2)5(13)8(3,4)6(7)14-17(15,16)9(10,11)12/h5-6,14H,13H2,1-4H3. The second-order valence-electron chi connectivity index (χ2n) is 5.62. The fourth-order valence-electron chi connectivity index (χ4n) is 2.71. The number of hydrogen-bond donors (Lipinski definition) is 2. The van der Waals surface area contributed by atoms with E-state index < -0.39 is 32.4 Å². The lowest BCUT2D eigenvalue weighted by Gasteiger charge is -2.62. The zero-order valence-electron chi connectivity index (χ0n) is 10.1. The Hall–Kier alpha value is -0.340. The van der Waals surface area contributed by atoms with Gasteiger partial charge in [0.2, 0.25) is 0 Å². The molecule has 0 heterocycles. The summed E-state index contributed by atoms with van der Waals surface area (Å²) in [5.41, 5.74) is -0.870. The zero-order chi connectivity index (χ0) is 13.9. The van der Waals surface area contributed by atoms with Crippen molar-refractivity contribution in [3.63, 3.8) is 0 Å². The Morgan fingerprint density at radius 2 is 1.47 bits per heavy atom. The second-order valence-corrected chi connectivity index (χ2v) is 7.33. The molecule has 17 heavy (non-hydrogen) atoms. The molecule has 4 nitrogen and oxygen atoms in total. The van der Waals surface area contributed by atoms with Crippen LogP contribution < -0.4 is 10.5 Å². The molecule has 0 radical (unpaired) electrons. The highest BCUT2D eigenvalue weighted by Gasteiger charge is 2.63. The van der Waals surface area contributed by atoms with Gasteiger partial charge < -0.3 is 5.73 Å². The van der Waals surface area contributed by atoms with Gasteiger partial charge in [0.25, 0.3) is 0 Å². The zero-order valence-corrected chi connectivity index (χ0v) is 10.9. The normalized spacial score (nSPS) is 32.0. The first-order chi connectivity index (χ1) is 7.24. The smallest absolute Gasteiger partial charge is 0.327 e. The van der Waals surface area contributed by atoms with Crippen molar-refractivity contribution in [1.29, 1.82) is 0 Å². The Balaban J connectivity index is 2.99. The molecule has 0 atom stereocenters. The van der Waals surface area contributed by atoms with Crippen LogP contribution in [0.15, 0.2) is 0 Å². The van der Waals surface area contributed by atoms with Gasteiger partial charge in [0, 0.05) is 12.1 Å². The van der Waals surface area contributed by atoms with Gasteiger partial charge in [-0.2, -0.15) is 13.2 Å². The molecule has 0 aromatic rings. The molecule has 0 aliphatic heterocycles. The molecule has 1 fully saturated rings. The molecule has 0 unspecified atom stereocenters. The van der Waals surface area contributed by atoms with Crippen LogP contribution in [0.4, 0.5) is 13.2 Å². The van der Waals surface area contributed by atoms with Gasteiger partial charge in [-0.3, -0.25) is 0 Å². The van der Waals surface area contributed by atoms with Crippen LogP contribution in [0.3, 0.4) is 0 Å². The molecule has 8 heteroatoms. The molecule has 0 aromatic heterocycles. The fourth-order valence-corrected chi connectivity index (χ4v) is 3.76. The van der Waals surface area contributed by atoms with Gasteiger partial charge in [-0.1, -0.05) is 27.7 Å². The van der Waals surface area contributed by atoms with E-state index in [2.05, 4.69) is 0 Å². The molecule has 0 spiro atoms. The van der Waals surface area contributed by atoms with E-state index in [1.807, 2.05) is 0 Å². The van der Waals surface area contributed by atoms with Crippen LogP contribution in [0.2, 0.25) is 0 Å². The summed E-state index contributed by atoms with van der Waals surface area (Å²) in [5, 5.41) is 0. The molecule has 0 saturated heterocycles. The van der Waals surface area contributed by atoms with E-state index >= 15 is 0 Å². The van der Waals surface area contributed by atoms with Gasteiger partial charge in [0.15, 0.2) is 0 Å². The average Bonchev–Trinajstić information content (AvgIpc) is 2.10. The van der Waals surface area contributed by atoms with Gasteiger partial charge in [-0.25, -0.2) is 13.1 Å². The molecule has 3 N–H and O–H groups in total. The van der Waals surface area contributed by atoms with Crippen molar-refractivity contribution < 1.29 is 21.6 Å². The summed E-state index contributed by atoms with van der Waals surface area (Å²) < 4.78 is 60.7. The Morgan fingerprint density at radius 1 is 1.12 bits per heavy atom. The summed E-state index contributed by atoms with van der Waals surface area (Å²) >= 11 is 0. The van der Waals surface area contributed by atoms with Crippen LogP contribution in [-0.4, -0.2) is 26.0 Å². The van der Waals surface area contributed by atoms with Crippen LogP contribution >= 0.6 is 0 Å². The van der Waals surface area contributed by atoms with E-state index in [1.165, 1.54) is 0 Å². The summed E-state index contributed by atoms with van der Waals surface area (Å²) in [7, 11) is -5.33. The quantitative estimate of drug-likeness (QED) is 0.794. The third-order valence-electron chi connectivity index (χ3n) is 3.67. The van der Waals surface area contributed by atoms with E-state index in [9.17, 15) is 21.6 Å². The lowest BCUT2D eigenvalue weighted by molar-refractivity contribution is -0.0703. The van der Waals surface area contributed by atoms with Gasteiger partial charge >= 0.3 is 15.5 Å². The minimum Gasteiger partial charge on any atom is -0.327 e. The minimum atomic E-state index is -5.33. The van der Waals surface area contributed by atoms with Crippen LogP contribution in [0, 0.1) is 10.8 Å². The summed E-state index contributed by atoms with van der Waals surface area (Å²) in [6.45, 7) is 6.58. The van der Waals surface area contributed by atoms with E-state index in [4.69, 9.17) is 5.73 Å². The predicted octanol–water partition coefficient (Wildman–Crippen LogP) is 1.19. The first-order valence-electron chi connectivity index (χ1n) is 5.09. The van der Waals surface area contributed by atoms with Gasteiger partial charge in [-0.05, 0) is 10.8 Å². The molecular weight excluding hydrogens is 257 g/mol. The Labute approximate surface area is 98.8 Å². The van der Waals surface area contributed by atoms with Crippen molar-refractivity contribution >= 4 is 10.0 Å². The fraction of sp³-hybridized carbons (Fsp3) is 1.00. The van der Waals surface area contributed by atoms with Crippen LogP contribution in [-0.2, 0) is 10.0 Å². The number of alkyl halides is 3. The number of nitrogens with one attached hydrogen (secondary N) is 1. The first-order valence-corrected chi connectivity index (χ1v) is 6.57. The van der Waals surface area contributed by atoms with Crippen molar-refractivity contribution in [2.24, 2.45) is 16.6 Å². The first kappa shape index (κ1) is 14.7. The Morgan fingerprint density at radius 3 is 1.76 bits per heavy atom. The van der Waals surface area contributed by atoms with Crippen LogP contribution in [0.1, 0.15) is 27.7 Å². The number of rotatable bonds is 2. The maximum Gasteiger partial charge on any atom is 0.511 e. The maximum absolute atomic E-state index is 12.3. The van der Waals surface area contributed by atoms with E-state index in [1.54, 1.807) is 32.4 Å². The van der Waals surface area contributed by atoms with E-state index in [0.29, 0.717) is 0 Å². The number of halogens is 3. The maximum atomic E-state index is 12.3. The summed E-state index contributed by atoms with van der Waals surface area (Å²) in [6.07, 6.45) is 0. The SMILES string of the molecule is CC1(C)C(N)C(C)(C)C1NS(=O)(=O)C(F)(F)F. The van der Waals surface area contributed by atoms with Crippen LogP contribution in [0.25, 0.3) is 0 Å². The van der Waals surface area contributed by atoms with Crippen molar-refractivity contribution in [2.45, 2.75) is 45.3 Å².